The first-order valence-electron chi connectivity index (χ1n) is 8.17. The molecule has 0 aliphatic rings. The molecule has 0 aliphatic heterocycles. The van der Waals surface area contributed by atoms with Crippen molar-refractivity contribution in [3.8, 4) is 0 Å². The molecule has 0 amide bonds. The van der Waals surface area contributed by atoms with Gasteiger partial charge in [-0.2, -0.15) is 0 Å². The number of nitro groups is 1. The molecule has 0 saturated heterocycles. The molecule has 3 N–H and O–H groups in total. The Morgan fingerprint density at radius 1 is 1.15 bits per heavy atom. The van der Waals surface area contributed by atoms with Gasteiger partial charge in [-0.15, -0.1) is 0 Å². The van der Waals surface area contributed by atoms with Crippen molar-refractivity contribution in [1.29, 1.82) is 0 Å². The van der Waals surface area contributed by atoms with Crippen molar-refractivity contribution in [3.05, 3.63) is 69.5 Å². The number of aryl methyl sites for hydroxylation is 1. The normalized spacial score (nSPS) is 11.1. The number of non-ortho nitro benzene ring substituents is 1. The molecule has 0 aromatic heterocycles. The Kier molecular flexibility index (Phi) is 6.90. The van der Waals surface area contributed by atoms with E-state index in [0.717, 1.165) is 11.3 Å². The lowest BCUT2D eigenvalue weighted by Gasteiger charge is -2.13. The summed E-state index contributed by atoms with van der Waals surface area (Å²) in [5, 5.41) is 20.0. The lowest BCUT2D eigenvalue weighted by atomic mass is 10.1. The minimum atomic E-state index is -0.430. The Labute approximate surface area is 151 Å². The van der Waals surface area contributed by atoms with E-state index in [1.807, 2.05) is 6.07 Å². The van der Waals surface area contributed by atoms with Gasteiger partial charge in [0.1, 0.15) is 5.82 Å². The molecule has 0 heterocycles. The van der Waals surface area contributed by atoms with Gasteiger partial charge in [-0.3, -0.25) is 15.1 Å². The fraction of sp³-hybridized carbons (Fsp3) is 0.278. The van der Waals surface area contributed by atoms with E-state index >= 15 is 0 Å². The van der Waals surface area contributed by atoms with Crippen LogP contribution in [0, 0.1) is 22.9 Å². The third-order valence-electron chi connectivity index (χ3n) is 3.74. The number of halogens is 1. The summed E-state index contributed by atoms with van der Waals surface area (Å²) in [6.45, 7) is 3.40. The Morgan fingerprint density at radius 3 is 2.50 bits per heavy atom. The molecular weight excluding hydrogens is 337 g/mol. The number of aliphatic imine (C=N–C) groups is 1. The largest absolute Gasteiger partial charge is 0.383 e. The highest BCUT2D eigenvalue weighted by Crippen LogP contribution is 2.14. The molecule has 0 atom stereocenters. The quantitative estimate of drug-likeness (QED) is 0.232. The van der Waals surface area contributed by atoms with Gasteiger partial charge in [-0.25, -0.2) is 4.39 Å². The van der Waals surface area contributed by atoms with Gasteiger partial charge in [-0.1, -0.05) is 12.1 Å². The van der Waals surface area contributed by atoms with Gasteiger partial charge in [0.2, 0.25) is 0 Å². The minimum absolute atomic E-state index is 0.0609. The molecule has 2 aromatic rings. The SMILES string of the molecule is CN=C(NCCNc1ccc([N+](=O)[O-])cc1)NCc1ccc(C)c(F)c1. The lowest BCUT2D eigenvalue weighted by Crippen LogP contribution is -2.39. The summed E-state index contributed by atoms with van der Waals surface area (Å²) < 4.78 is 13.5. The number of nitrogens with one attached hydrogen (secondary N) is 3. The first-order chi connectivity index (χ1) is 12.5. The average Bonchev–Trinajstić information content (AvgIpc) is 2.64. The smallest absolute Gasteiger partial charge is 0.269 e. The second kappa shape index (κ2) is 9.36. The number of rotatable bonds is 7. The molecule has 0 fully saturated rings. The predicted octanol–water partition coefficient (Wildman–Crippen LogP) is 2.82. The zero-order chi connectivity index (χ0) is 18.9. The third-order valence-corrected chi connectivity index (χ3v) is 3.74. The average molecular weight is 359 g/mol. The number of hydrogen-bond donors (Lipinski definition) is 3. The van der Waals surface area contributed by atoms with Crippen molar-refractivity contribution in [3.63, 3.8) is 0 Å². The number of benzene rings is 2. The molecule has 26 heavy (non-hydrogen) atoms. The summed E-state index contributed by atoms with van der Waals surface area (Å²) in [7, 11) is 1.66. The zero-order valence-electron chi connectivity index (χ0n) is 14.8. The van der Waals surface area contributed by atoms with Crippen molar-refractivity contribution in [2.24, 2.45) is 4.99 Å². The molecule has 2 rings (SSSR count). The zero-order valence-corrected chi connectivity index (χ0v) is 14.8. The standard InChI is InChI=1S/C18H22FN5O2/c1-13-3-4-14(11-17(13)19)12-23-18(20-2)22-10-9-21-15-5-7-16(8-6-15)24(25)26/h3-8,11,21H,9-10,12H2,1-2H3,(H2,20,22,23). The number of guanidine groups is 1. The van der Waals surface area contributed by atoms with Crippen LogP contribution in [-0.2, 0) is 6.54 Å². The molecule has 7 nitrogen and oxygen atoms in total. The number of nitrogens with zero attached hydrogens (tertiary/aromatic N) is 2. The van der Waals surface area contributed by atoms with Gasteiger partial charge in [0.05, 0.1) is 4.92 Å². The van der Waals surface area contributed by atoms with Crippen molar-refractivity contribution < 1.29 is 9.31 Å². The van der Waals surface area contributed by atoms with E-state index in [9.17, 15) is 14.5 Å². The second-order valence-corrected chi connectivity index (χ2v) is 5.67. The van der Waals surface area contributed by atoms with Crippen LogP contribution in [0.2, 0.25) is 0 Å². The van der Waals surface area contributed by atoms with Crippen molar-refractivity contribution >= 4 is 17.3 Å². The molecule has 2 aromatic carbocycles. The van der Waals surface area contributed by atoms with Crippen LogP contribution in [0.25, 0.3) is 0 Å². The van der Waals surface area contributed by atoms with Crippen LogP contribution in [0.1, 0.15) is 11.1 Å². The number of hydrogen-bond acceptors (Lipinski definition) is 4. The maximum absolute atomic E-state index is 13.5. The Hall–Kier alpha value is -3.16. The molecule has 0 aliphatic carbocycles. The van der Waals surface area contributed by atoms with Crippen LogP contribution in [-0.4, -0.2) is 31.0 Å². The van der Waals surface area contributed by atoms with Crippen LogP contribution < -0.4 is 16.0 Å². The van der Waals surface area contributed by atoms with Crippen LogP contribution in [0.4, 0.5) is 15.8 Å². The highest BCUT2D eigenvalue weighted by Gasteiger charge is 2.04. The van der Waals surface area contributed by atoms with Crippen LogP contribution in [0.3, 0.4) is 0 Å². The summed E-state index contributed by atoms with van der Waals surface area (Å²) in [4.78, 5) is 14.3. The molecular formula is C18H22FN5O2. The summed E-state index contributed by atoms with van der Waals surface area (Å²) in [5.74, 6) is 0.385. The lowest BCUT2D eigenvalue weighted by molar-refractivity contribution is -0.384. The van der Waals surface area contributed by atoms with Crippen molar-refractivity contribution in [1.82, 2.24) is 10.6 Å². The van der Waals surface area contributed by atoms with Gasteiger partial charge in [0, 0.05) is 44.5 Å². The summed E-state index contributed by atoms with van der Waals surface area (Å²) >= 11 is 0. The molecule has 0 radical (unpaired) electrons. The van der Waals surface area contributed by atoms with Crippen molar-refractivity contribution in [2.75, 3.05) is 25.5 Å². The highest BCUT2D eigenvalue weighted by atomic mass is 19.1. The number of nitro benzene ring substituents is 1. The number of anilines is 1. The first-order valence-corrected chi connectivity index (χ1v) is 8.17. The fourth-order valence-corrected chi connectivity index (χ4v) is 2.24. The Bertz CT molecular complexity index is 778. The van der Waals surface area contributed by atoms with E-state index in [1.54, 1.807) is 32.2 Å². The van der Waals surface area contributed by atoms with E-state index in [-0.39, 0.29) is 11.5 Å². The van der Waals surface area contributed by atoms with Gasteiger partial charge in [0.25, 0.3) is 5.69 Å². The maximum Gasteiger partial charge on any atom is 0.269 e. The van der Waals surface area contributed by atoms with Gasteiger partial charge < -0.3 is 16.0 Å². The van der Waals surface area contributed by atoms with E-state index < -0.39 is 4.92 Å². The third kappa shape index (κ3) is 5.73. The second-order valence-electron chi connectivity index (χ2n) is 5.67. The maximum atomic E-state index is 13.5. The van der Waals surface area contributed by atoms with Gasteiger partial charge in [0.15, 0.2) is 5.96 Å². The van der Waals surface area contributed by atoms with E-state index in [4.69, 9.17) is 0 Å². The molecule has 0 saturated carbocycles. The van der Waals surface area contributed by atoms with E-state index in [2.05, 4.69) is 20.9 Å². The van der Waals surface area contributed by atoms with Crippen molar-refractivity contribution in [2.45, 2.75) is 13.5 Å². The topological polar surface area (TPSA) is 91.6 Å². The molecule has 0 unspecified atom stereocenters. The first kappa shape index (κ1) is 19.2. The van der Waals surface area contributed by atoms with E-state index in [0.29, 0.717) is 31.2 Å². The molecule has 0 bridgehead atoms. The molecule has 138 valence electrons. The van der Waals surface area contributed by atoms with E-state index in [1.165, 1.54) is 18.2 Å². The monoisotopic (exact) mass is 359 g/mol. The fourth-order valence-electron chi connectivity index (χ4n) is 2.24. The molecule has 8 heteroatoms. The molecule has 0 spiro atoms. The Balaban J connectivity index is 1.73. The summed E-state index contributed by atoms with van der Waals surface area (Å²) in [5.41, 5.74) is 2.31. The van der Waals surface area contributed by atoms with Gasteiger partial charge in [-0.05, 0) is 36.2 Å². The van der Waals surface area contributed by atoms with Crippen LogP contribution in [0.5, 0.6) is 0 Å². The predicted molar refractivity (Wildman–Crippen MR) is 101 cm³/mol. The van der Waals surface area contributed by atoms with Crippen LogP contribution in [0.15, 0.2) is 47.5 Å². The van der Waals surface area contributed by atoms with Crippen LogP contribution >= 0.6 is 0 Å². The van der Waals surface area contributed by atoms with Gasteiger partial charge >= 0.3 is 0 Å². The highest BCUT2D eigenvalue weighted by molar-refractivity contribution is 5.79. The minimum Gasteiger partial charge on any atom is -0.383 e. The Morgan fingerprint density at radius 2 is 1.88 bits per heavy atom. The summed E-state index contributed by atoms with van der Waals surface area (Å²) in [6, 6.07) is 11.4. The summed E-state index contributed by atoms with van der Waals surface area (Å²) in [6.07, 6.45) is 0.